The third-order valence-corrected chi connectivity index (χ3v) is 1.62. The number of hydrogen-bond donors (Lipinski definition) is 0. The fraction of sp³-hybridized carbons (Fsp3) is 0.556. The number of nitrogens with zero attached hydrogens (tertiary/aromatic N) is 3. The molecule has 0 aromatic carbocycles. The summed E-state index contributed by atoms with van der Waals surface area (Å²) in [6, 6.07) is 1.92. The van der Waals surface area contributed by atoms with Crippen LogP contribution in [0.25, 0.3) is 0 Å². The maximum absolute atomic E-state index is 4.38. The summed E-state index contributed by atoms with van der Waals surface area (Å²) in [7, 11) is 3.97. The van der Waals surface area contributed by atoms with Crippen molar-refractivity contribution in [2.45, 2.75) is 19.8 Å². The Balaban J connectivity index is 2.81. The number of anilines is 1. The van der Waals surface area contributed by atoms with E-state index in [9.17, 15) is 0 Å². The highest BCUT2D eigenvalue weighted by Crippen LogP contribution is 2.06. The lowest BCUT2D eigenvalue weighted by Crippen LogP contribution is -2.11. The molecule has 0 saturated heterocycles. The summed E-state index contributed by atoms with van der Waals surface area (Å²) in [5.41, 5.74) is 0. The predicted octanol–water partition coefficient (Wildman–Crippen LogP) is 1.50. The van der Waals surface area contributed by atoms with Gasteiger partial charge in [-0.05, 0) is 12.5 Å². The van der Waals surface area contributed by atoms with E-state index in [1.165, 1.54) is 0 Å². The van der Waals surface area contributed by atoms with Crippen LogP contribution in [0.2, 0.25) is 0 Å². The first-order valence-corrected chi connectivity index (χ1v) is 4.23. The number of hydrogen-bond acceptors (Lipinski definition) is 3. The maximum atomic E-state index is 4.38. The van der Waals surface area contributed by atoms with Crippen molar-refractivity contribution in [2.75, 3.05) is 19.0 Å². The fourth-order valence-electron chi connectivity index (χ4n) is 0.981. The smallest absolute Gasteiger partial charge is 0.131 e. The van der Waals surface area contributed by atoms with Crippen LogP contribution in [-0.2, 0) is 6.42 Å². The first kappa shape index (κ1) is 8.97. The van der Waals surface area contributed by atoms with E-state index in [1.54, 1.807) is 0 Å². The first-order valence-electron chi connectivity index (χ1n) is 4.23. The van der Waals surface area contributed by atoms with E-state index < -0.39 is 0 Å². The summed E-state index contributed by atoms with van der Waals surface area (Å²) in [6.07, 6.45) is 3.87. The topological polar surface area (TPSA) is 29.0 Å². The van der Waals surface area contributed by atoms with Gasteiger partial charge in [0.1, 0.15) is 11.6 Å². The lowest BCUT2D eigenvalue weighted by Gasteiger charge is -2.10. The largest absolute Gasteiger partial charge is 0.363 e. The van der Waals surface area contributed by atoms with Crippen molar-refractivity contribution in [1.82, 2.24) is 9.97 Å². The highest BCUT2D eigenvalue weighted by Gasteiger charge is 1.98. The average molecular weight is 165 g/mol. The number of aryl methyl sites for hydroxylation is 1. The number of rotatable bonds is 3. The van der Waals surface area contributed by atoms with Crippen molar-refractivity contribution in [3.8, 4) is 0 Å². The Bertz CT molecular complexity index is 245. The standard InChI is InChI=1S/C9H15N3/c1-4-5-8-10-7-6-9(11-8)12(2)3/h6-7H,4-5H2,1-3H3. The lowest BCUT2D eigenvalue weighted by atomic mass is 10.3. The normalized spacial score (nSPS) is 9.92. The third kappa shape index (κ3) is 2.19. The second-order valence-electron chi connectivity index (χ2n) is 2.98. The molecule has 0 aliphatic heterocycles. The van der Waals surface area contributed by atoms with E-state index in [0.29, 0.717) is 0 Å². The van der Waals surface area contributed by atoms with Crippen molar-refractivity contribution in [2.24, 2.45) is 0 Å². The molecule has 0 amide bonds. The molecule has 0 fully saturated rings. The highest BCUT2D eigenvalue weighted by molar-refractivity contribution is 5.34. The highest BCUT2D eigenvalue weighted by atomic mass is 15.1. The Labute approximate surface area is 73.5 Å². The summed E-state index contributed by atoms with van der Waals surface area (Å²) in [5.74, 6) is 1.91. The van der Waals surface area contributed by atoms with Gasteiger partial charge in [0.25, 0.3) is 0 Å². The van der Waals surface area contributed by atoms with Crippen LogP contribution in [0.4, 0.5) is 5.82 Å². The Morgan fingerprint density at radius 3 is 2.75 bits per heavy atom. The van der Waals surface area contributed by atoms with Crippen molar-refractivity contribution in [1.29, 1.82) is 0 Å². The fourth-order valence-corrected chi connectivity index (χ4v) is 0.981. The molecule has 0 radical (unpaired) electrons. The summed E-state index contributed by atoms with van der Waals surface area (Å²) >= 11 is 0. The van der Waals surface area contributed by atoms with Crippen LogP contribution in [0.3, 0.4) is 0 Å². The van der Waals surface area contributed by atoms with Gasteiger partial charge in [0.2, 0.25) is 0 Å². The molecule has 0 saturated carbocycles. The first-order chi connectivity index (χ1) is 5.74. The van der Waals surface area contributed by atoms with Crippen LogP contribution in [0.1, 0.15) is 19.2 Å². The van der Waals surface area contributed by atoms with Gasteiger partial charge in [-0.2, -0.15) is 0 Å². The van der Waals surface area contributed by atoms with E-state index in [1.807, 2.05) is 31.3 Å². The van der Waals surface area contributed by atoms with Gasteiger partial charge >= 0.3 is 0 Å². The Morgan fingerprint density at radius 1 is 1.42 bits per heavy atom. The SMILES string of the molecule is CCCc1nccc(N(C)C)n1. The minimum Gasteiger partial charge on any atom is -0.363 e. The lowest BCUT2D eigenvalue weighted by molar-refractivity contribution is 0.828. The molecule has 0 unspecified atom stereocenters. The zero-order valence-electron chi connectivity index (χ0n) is 7.91. The molecule has 1 heterocycles. The van der Waals surface area contributed by atoms with Gasteiger partial charge in [0.15, 0.2) is 0 Å². The quantitative estimate of drug-likeness (QED) is 0.679. The molecule has 1 aromatic rings. The Hall–Kier alpha value is -1.12. The molecule has 3 nitrogen and oxygen atoms in total. The predicted molar refractivity (Wildman–Crippen MR) is 50.4 cm³/mol. The van der Waals surface area contributed by atoms with Gasteiger partial charge < -0.3 is 4.90 Å². The maximum Gasteiger partial charge on any atom is 0.131 e. The molecular formula is C9H15N3. The van der Waals surface area contributed by atoms with Crippen LogP contribution in [-0.4, -0.2) is 24.1 Å². The molecule has 0 aliphatic carbocycles. The molecule has 0 N–H and O–H groups in total. The Kier molecular flexibility index (Phi) is 3.02. The molecule has 3 heteroatoms. The molecule has 66 valence electrons. The molecule has 12 heavy (non-hydrogen) atoms. The van der Waals surface area contributed by atoms with Crippen LogP contribution in [0, 0.1) is 0 Å². The van der Waals surface area contributed by atoms with Crippen LogP contribution >= 0.6 is 0 Å². The zero-order valence-corrected chi connectivity index (χ0v) is 7.91. The van der Waals surface area contributed by atoms with E-state index >= 15 is 0 Å². The third-order valence-electron chi connectivity index (χ3n) is 1.62. The molecular weight excluding hydrogens is 150 g/mol. The number of aromatic nitrogens is 2. The van der Waals surface area contributed by atoms with Gasteiger partial charge in [-0.1, -0.05) is 6.92 Å². The molecule has 0 aliphatic rings. The summed E-state index contributed by atoms with van der Waals surface area (Å²) in [6.45, 7) is 2.13. The minimum absolute atomic E-state index is 0.934. The van der Waals surface area contributed by atoms with Gasteiger partial charge in [-0.25, -0.2) is 9.97 Å². The second-order valence-corrected chi connectivity index (χ2v) is 2.98. The van der Waals surface area contributed by atoms with E-state index in [0.717, 1.165) is 24.5 Å². The van der Waals surface area contributed by atoms with Crippen LogP contribution < -0.4 is 4.90 Å². The van der Waals surface area contributed by atoms with E-state index in [4.69, 9.17) is 0 Å². The van der Waals surface area contributed by atoms with Gasteiger partial charge in [-0.15, -0.1) is 0 Å². The molecule has 0 spiro atoms. The second kappa shape index (κ2) is 4.04. The van der Waals surface area contributed by atoms with Crippen molar-refractivity contribution in [3.05, 3.63) is 18.1 Å². The zero-order chi connectivity index (χ0) is 8.97. The van der Waals surface area contributed by atoms with E-state index in [-0.39, 0.29) is 0 Å². The van der Waals surface area contributed by atoms with Gasteiger partial charge in [-0.3, -0.25) is 0 Å². The van der Waals surface area contributed by atoms with Crippen molar-refractivity contribution >= 4 is 5.82 Å². The summed E-state index contributed by atoms with van der Waals surface area (Å²) in [5, 5.41) is 0. The molecule has 1 rings (SSSR count). The molecule has 1 aromatic heterocycles. The van der Waals surface area contributed by atoms with Crippen LogP contribution in [0.5, 0.6) is 0 Å². The van der Waals surface area contributed by atoms with E-state index in [2.05, 4.69) is 16.9 Å². The summed E-state index contributed by atoms with van der Waals surface area (Å²) < 4.78 is 0. The van der Waals surface area contributed by atoms with Crippen molar-refractivity contribution < 1.29 is 0 Å². The van der Waals surface area contributed by atoms with Crippen molar-refractivity contribution in [3.63, 3.8) is 0 Å². The van der Waals surface area contributed by atoms with Gasteiger partial charge in [0.05, 0.1) is 0 Å². The summed E-state index contributed by atoms with van der Waals surface area (Å²) in [4.78, 5) is 10.5. The average Bonchev–Trinajstić information content (AvgIpc) is 2.05. The Morgan fingerprint density at radius 2 is 2.17 bits per heavy atom. The monoisotopic (exact) mass is 165 g/mol. The molecule has 0 bridgehead atoms. The molecule has 0 atom stereocenters. The van der Waals surface area contributed by atoms with Crippen LogP contribution in [0.15, 0.2) is 12.3 Å². The van der Waals surface area contributed by atoms with Gasteiger partial charge in [0, 0.05) is 26.7 Å². The minimum atomic E-state index is 0.934.